The molecule has 0 spiro atoms. The number of benzene rings is 1. The molecule has 1 aliphatic heterocycles. The molecular formula is C18H23N2O3S2+. The third-order valence-corrected chi connectivity index (χ3v) is 7.01. The number of piperazine rings is 1. The standard InChI is InChI=1S/C18H22N2O3S2/c21-18(7-13-25(22,23)17-4-2-1-3-5-17)20-10-8-19(9-11-20)14-16-6-12-24-15-16/h1-6,12,15H,7-11,13-14H2/p+1. The number of carbonyl (C=O) groups excluding carboxylic acids is 1. The molecule has 0 aliphatic carbocycles. The van der Waals surface area contributed by atoms with Crippen LogP contribution in [0.5, 0.6) is 0 Å². The molecule has 1 fully saturated rings. The van der Waals surface area contributed by atoms with Crippen molar-refractivity contribution in [2.75, 3.05) is 31.9 Å². The van der Waals surface area contributed by atoms with Gasteiger partial charge in [0.15, 0.2) is 9.84 Å². The van der Waals surface area contributed by atoms with Gasteiger partial charge in [0.25, 0.3) is 0 Å². The maximum Gasteiger partial charge on any atom is 0.224 e. The third kappa shape index (κ3) is 4.90. The first-order valence-electron chi connectivity index (χ1n) is 8.45. The summed E-state index contributed by atoms with van der Waals surface area (Å²) < 4.78 is 24.6. The van der Waals surface area contributed by atoms with Crippen molar-refractivity contribution >= 4 is 27.1 Å². The molecule has 0 unspecified atom stereocenters. The van der Waals surface area contributed by atoms with E-state index in [1.54, 1.807) is 46.6 Å². The molecule has 1 aliphatic rings. The Kier molecular flexibility index (Phi) is 5.88. The number of nitrogens with zero attached hydrogens (tertiary/aromatic N) is 1. The molecule has 1 amide bonds. The highest BCUT2D eigenvalue weighted by Crippen LogP contribution is 2.12. The van der Waals surface area contributed by atoms with E-state index in [9.17, 15) is 13.2 Å². The van der Waals surface area contributed by atoms with Crippen LogP contribution in [0.15, 0.2) is 52.1 Å². The summed E-state index contributed by atoms with van der Waals surface area (Å²) in [7, 11) is -3.39. The van der Waals surface area contributed by atoms with Gasteiger partial charge in [0.2, 0.25) is 5.91 Å². The first-order valence-corrected chi connectivity index (χ1v) is 11.0. The highest BCUT2D eigenvalue weighted by atomic mass is 32.2. The summed E-state index contributed by atoms with van der Waals surface area (Å²) in [6, 6.07) is 10.5. The van der Waals surface area contributed by atoms with E-state index in [0.717, 1.165) is 19.6 Å². The zero-order valence-corrected chi connectivity index (χ0v) is 15.7. The van der Waals surface area contributed by atoms with Gasteiger partial charge in [0, 0.05) is 12.0 Å². The Morgan fingerprint density at radius 2 is 1.84 bits per heavy atom. The van der Waals surface area contributed by atoms with Crippen molar-refractivity contribution in [3.8, 4) is 0 Å². The molecule has 5 nitrogen and oxygen atoms in total. The number of hydrogen-bond acceptors (Lipinski definition) is 4. The molecule has 2 aromatic rings. The van der Waals surface area contributed by atoms with Gasteiger partial charge in [-0.05, 0) is 29.0 Å². The number of amides is 1. The van der Waals surface area contributed by atoms with E-state index in [2.05, 4.69) is 16.8 Å². The van der Waals surface area contributed by atoms with E-state index in [-0.39, 0.29) is 23.0 Å². The fourth-order valence-corrected chi connectivity index (χ4v) is 4.98. The summed E-state index contributed by atoms with van der Waals surface area (Å²) in [5, 5.41) is 4.25. The van der Waals surface area contributed by atoms with Crippen LogP contribution in [-0.2, 0) is 21.2 Å². The molecule has 0 bridgehead atoms. The molecule has 1 saturated heterocycles. The minimum Gasteiger partial charge on any atom is -0.331 e. The average molecular weight is 380 g/mol. The fraction of sp³-hybridized carbons (Fsp3) is 0.389. The van der Waals surface area contributed by atoms with Gasteiger partial charge in [-0.25, -0.2) is 8.42 Å². The van der Waals surface area contributed by atoms with Gasteiger partial charge in [0.05, 0.1) is 36.8 Å². The number of thiophene rings is 1. The lowest BCUT2D eigenvalue weighted by Gasteiger charge is -2.32. The highest BCUT2D eigenvalue weighted by molar-refractivity contribution is 7.91. The molecule has 0 radical (unpaired) electrons. The summed E-state index contributed by atoms with van der Waals surface area (Å²) >= 11 is 1.71. The lowest BCUT2D eigenvalue weighted by atomic mass is 10.2. The van der Waals surface area contributed by atoms with Gasteiger partial charge in [-0.3, -0.25) is 4.79 Å². The summed E-state index contributed by atoms with van der Waals surface area (Å²) in [6.07, 6.45) is 0.0527. The van der Waals surface area contributed by atoms with Crippen LogP contribution >= 0.6 is 11.3 Å². The number of sulfone groups is 1. The Balaban J connectivity index is 1.46. The zero-order valence-electron chi connectivity index (χ0n) is 14.1. The summed E-state index contributed by atoms with van der Waals surface area (Å²) in [5.41, 5.74) is 1.34. The van der Waals surface area contributed by atoms with E-state index in [0.29, 0.717) is 13.1 Å². The topological polar surface area (TPSA) is 58.9 Å². The van der Waals surface area contributed by atoms with Crippen LogP contribution in [0.4, 0.5) is 0 Å². The highest BCUT2D eigenvalue weighted by Gasteiger charge is 2.25. The molecular weight excluding hydrogens is 356 g/mol. The predicted molar refractivity (Wildman–Crippen MR) is 98.4 cm³/mol. The van der Waals surface area contributed by atoms with E-state index >= 15 is 0 Å². The van der Waals surface area contributed by atoms with Crippen molar-refractivity contribution in [1.82, 2.24) is 4.90 Å². The van der Waals surface area contributed by atoms with Crippen LogP contribution in [0.1, 0.15) is 12.0 Å². The Labute approximate surface area is 152 Å². The summed E-state index contributed by atoms with van der Waals surface area (Å²) in [6.45, 7) is 4.21. The van der Waals surface area contributed by atoms with Crippen LogP contribution < -0.4 is 4.90 Å². The second kappa shape index (κ2) is 8.12. The lowest BCUT2D eigenvalue weighted by molar-refractivity contribution is -0.917. The maximum atomic E-state index is 12.4. The van der Waals surface area contributed by atoms with Gasteiger partial charge in [0.1, 0.15) is 6.54 Å². The minimum absolute atomic E-state index is 0.0527. The summed E-state index contributed by atoms with van der Waals surface area (Å²) in [5.74, 6) is -0.188. The van der Waals surface area contributed by atoms with Crippen molar-refractivity contribution in [2.45, 2.75) is 17.9 Å². The van der Waals surface area contributed by atoms with Crippen LogP contribution in [-0.4, -0.2) is 51.2 Å². The monoisotopic (exact) mass is 379 g/mol. The number of quaternary nitrogens is 1. The van der Waals surface area contributed by atoms with Gasteiger partial charge in [-0.1, -0.05) is 18.2 Å². The van der Waals surface area contributed by atoms with Crippen LogP contribution in [0.3, 0.4) is 0 Å². The van der Waals surface area contributed by atoms with Crippen molar-refractivity contribution in [2.24, 2.45) is 0 Å². The molecule has 0 atom stereocenters. The number of rotatable bonds is 6. The van der Waals surface area contributed by atoms with Crippen molar-refractivity contribution in [3.63, 3.8) is 0 Å². The molecule has 2 heterocycles. The van der Waals surface area contributed by atoms with Crippen molar-refractivity contribution < 1.29 is 18.1 Å². The SMILES string of the molecule is O=C(CCS(=O)(=O)c1ccccc1)N1CC[NH+](Cc2ccsc2)CC1. The first-order chi connectivity index (χ1) is 12.0. The molecule has 134 valence electrons. The van der Waals surface area contributed by atoms with E-state index in [1.807, 2.05) is 0 Å². The number of hydrogen-bond donors (Lipinski definition) is 1. The Hall–Kier alpha value is -1.70. The third-order valence-electron chi connectivity index (χ3n) is 4.54. The maximum absolute atomic E-state index is 12.4. The van der Waals surface area contributed by atoms with Crippen LogP contribution in [0.25, 0.3) is 0 Å². The fourth-order valence-electron chi connectivity index (χ4n) is 3.06. The average Bonchev–Trinajstić information content (AvgIpc) is 3.14. The zero-order chi connectivity index (χ0) is 17.7. The van der Waals surface area contributed by atoms with E-state index in [1.165, 1.54) is 10.5 Å². The molecule has 3 rings (SSSR count). The Morgan fingerprint density at radius 1 is 1.12 bits per heavy atom. The number of carbonyl (C=O) groups is 1. The molecule has 0 saturated carbocycles. The van der Waals surface area contributed by atoms with Gasteiger partial charge < -0.3 is 9.80 Å². The molecule has 1 aromatic heterocycles. The first kappa shape index (κ1) is 18.1. The second-order valence-corrected chi connectivity index (χ2v) is 9.21. The normalized spacial score (nSPS) is 16.1. The van der Waals surface area contributed by atoms with Crippen molar-refractivity contribution in [1.29, 1.82) is 0 Å². The molecule has 25 heavy (non-hydrogen) atoms. The quantitative estimate of drug-likeness (QED) is 0.809. The summed E-state index contributed by atoms with van der Waals surface area (Å²) in [4.78, 5) is 15.9. The minimum atomic E-state index is -3.39. The second-order valence-electron chi connectivity index (χ2n) is 6.32. The molecule has 1 aromatic carbocycles. The largest absolute Gasteiger partial charge is 0.331 e. The lowest BCUT2D eigenvalue weighted by Crippen LogP contribution is -3.13. The van der Waals surface area contributed by atoms with E-state index < -0.39 is 9.84 Å². The van der Waals surface area contributed by atoms with Crippen LogP contribution in [0, 0.1) is 0 Å². The van der Waals surface area contributed by atoms with Gasteiger partial charge in [-0.2, -0.15) is 11.3 Å². The van der Waals surface area contributed by atoms with Crippen molar-refractivity contribution in [3.05, 3.63) is 52.7 Å². The number of nitrogens with one attached hydrogen (secondary N) is 1. The Bertz CT molecular complexity index is 781. The van der Waals surface area contributed by atoms with Gasteiger partial charge >= 0.3 is 0 Å². The smallest absolute Gasteiger partial charge is 0.224 e. The van der Waals surface area contributed by atoms with Gasteiger partial charge in [-0.15, -0.1) is 0 Å². The van der Waals surface area contributed by atoms with Crippen LogP contribution in [0.2, 0.25) is 0 Å². The van der Waals surface area contributed by atoms with E-state index in [4.69, 9.17) is 0 Å². The predicted octanol–water partition coefficient (Wildman–Crippen LogP) is 0.839. The Morgan fingerprint density at radius 3 is 2.48 bits per heavy atom. The molecule has 1 N–H and O–H groups in total. The molecule has 7 heteroatoms.